The maximum Gasteiger partial charge on any atom is 0.323 e. The minimum Gasteiger partial charge on any atom is -0.497 e. The molecule has 2 rings (SSSR count). The van der Waals surface area contributed by atoms with Crippen LogP contribution in [0.3, 0.4) is 0 Å². The number of likely N-dealkylation sites (N-methyl/N-ethyl adjacent to an activating group) is 1. The lowest BCUT2D eigenvalue weighted by molar-refractivity contribution is -0.145. The summed E-state index contributed by atoms with van der Waals surface area (Å²) in [6.07, 6.45) is 0.124. The van der Waals surface area contributed by atoms with Gasteiger partial charge in [-0.3, -0.25) is 14.4 Å². The lowest BCUT2D eigenvalue weighted by Crippen LogP contribution is -2.37. The monoisotopic (exact) mass is 320 g/mol. The summed E-state index contributed by atoms with van der Waals surface area (Å²) in [4.78, 5) is 37.7. The fourth-order valence-electron chi connectivity index (χ4n) is 2.63. The molecule has 1 saturated heterocycles. The highest BCUT2D eigenvalue weighted by molar-refractivity contribution is 5.90. The van der Waals surface area contributed by atoms with Crippen LogP contribution in [-0.2, 0) is 20.9 Å². The first-order valence-electron chi connectivity index (χ1n) is 7.28. The van der Waals surface area contributed by atoms with Crippen LogP contribution in [0.25, 0.3) is 0 Å². The number of ether oxygens (including phenoxy) is 1. The number of benzene rings is 1. The standard InChI is InChI=1S/C16H20N2O5/c1-17(10-15(20)21)16(22)12-7-14(19)18(9-12)8-11-3-5-13(23-2)6-4-11/h3-6,12H,7-10H2,1-2H3,(H,20,21). The van der Waals surface area contributed by atoms with Crippen molar-refractivity contribution in [1.82, 2.24) is 9.80 Å². The molecule has 1 aromatic rings. The second-order valence-electron chi connectivity index (χ2n) is 5.61. The fraction of sp³-hybridized carbons (Fsp3) is 0.438. The normalized spacial score (nSPS) is 17.2. The Hall–Kier alpha value is -2.57. The average molecular weight is 320 g/mol. The molecule has 1 N–H and O–H groups in total. The zero-order chi connectivity index (χ0) is 17.0. The van der Waals surface area contributed by atoms with Gasteiger partial charge < -0.3 is 19.6 Å². The van der Waals surface area contributed by atoms with Crippen molar-refractivity contribution in [3.63, 3.8) is 0 Å². The van der Waals surface area contributed by atoms with Crippen LogP contribution in [0.15, 0.2) is 24.3 Å². The third kappa shape index (κ3) is 4.21. The molecule has 0 saturated carbocycles. The number of carbonyl (C=O) groups is 3. The van der Waals surface area contributed by atoms with Gasteiger partial charge in [0.05, 0.1) is 13.0 Å². The van der Waals surface area contributed by atoms with E-state index in [1.807, 2.05) is 24.3 Å². The number of hydrogen-bond acceptors (Lipinski definition) is 4. The topological polar surface area (TPSA) is 87.2 Å². The van der Waals surface area contributed by atoms with E-state index in [1.165, 1.54) is 7.05 Å². The summed E-state index contributed by atoms with van der Waals surface area (Å²) in [7, 11) is 3.02. The highest BCUT2D eigenvalue weighted by Gasteiger charge is 2.35. The molecule has 1 atom stereocenters. The number of nitrogens with zero attached hydrogens (tertiary/aromatic N) is 2. The Morgan fingerprint density at radius 3 is 2.57 bits per heavy atom. The number of carbonyl (C=O) groups excluding carboxylic acids is 2. The summed E-state index contributed by atoms with van der Waals surface area (Å²) in [6, 6.07) is 7.38. The fourth-order valence-corrected chi connectivity index (χ4v) is 2.63. The first-order valence-corrected chi connectivity index (χ1v) is 7.28. The van der Waals surface area contributed by atoms with Crippen molar-refractivity contribution in [1.29, 1.82) is 0 Å². The summed E-state index contributed by atoms with van der Waals surface area (Å²) in [6.45, 7) is 0.380. The molecule has 1 aliphatic rings. The Labute approximate surface area is 134 Å². The molecule has 0 spiro atoms. The van der Waals surface area contributed by atoms with Gasteiger partial charge in [-0.25, -0.2) is 0 Å². The molecule has 7 nitrogen and oxygen atoms in total. The first kappa shape index (κ1) is 16.8. The SMILES string of the molecule is COc1ccc(CN2CC(C(=O)N(C)CC(=O)O)CC2=O)cc1. The summed E-state index contributed by atoms with van der Waals surface area (Å²) in [5, 5.41) is 8.74. The van der Waals surface area contributed by atoms with Gasteiger partial charge in [-0.15, -0.1) is 0 Å². The zero-order valence-electron chi connectivity index (χ0n) is 13.2. The molecule has 1 aromatic carbocycles. The van der Waals surface area contributed by atoms with E-state index in [4.69, 9.17) is 9.84 Å². The van der Waals surface area contributed by atoms with E-state index in [0.29, 0.717) is 13.1 Å². The predicted octanol–water partition coefficient (Wildman–Crippen LogP) is 0.587. The van der Waals surface area contributed by atoms with Crippen LogP contribution in [0.5, 0.6) is 5.75 Å². The molecule has 0 bridgehead atoms. The molecule has 1 aliphatic heterocycles. The smallest absolute Gasteiger partial charge is 0.323 e. The summed E-state index contributed by atoms with van der Waals surface area (Å²) < 4.78 is 5.09. The number of carboxylic acid groups (broad SMARTS) is 1. The second-order valence-corrected chi connectivity index (χ2v) is 5.61. The van der Waals surface area contributed by atoms with Crippen molar-refractivity contribution < 1.29 is 24.2 Å². The van der Waals surface area contributed by atoms with E-state index in [-0.39, 0.29) is 24.8 Å². The van der Waals surface area contributed by atoms with E-state index in [1.54, 1.807) is 12.0 Å². The maximum atomic E-state index is 12.2. The van der Waals surface area contributed by atoms with Gasteiger partial charge in [-0.2, -0.15) is 0 Å². The van der Waals surface area contributed by atoms with Gasteiger partial charge in [0.1, 0.15) is 12.3 Å². The number of likely N-dealkylation sites (tertiary alicyclic amines) is 1. The Bertz CT molecular complexity index is 599. The van der Waals surface area contributed by atoms with Crippen LogP contribution in [0, 0.1) is 5.92 Å². The number of carboxylic acids is 1. The minimum atomic E-state index is -1.07. The van der Waals surface area contributed by atoms with Crippen molar-refractivity contribution in [2.24, 2.45) is 5.92 Å². The third-order valence-corrected chi connectivity index (χ3v) is 3.84. The van der Waals surface area contributed by atoms with E-state index in [0.717, 1.165) is 16.2 Å². The van der Waals surface area contributed by atoms with Crippen molar-refractivity contribution in [3.05, 3.63) is 29.8 Å². The van der Waals surface area contributed by atoms with E-state index in [9.17, 15) is 14.4 Å². The average Bonchev–Trinajstić information content (AvgIpc) is 2.87. The molecule has 1 heterocycles. The molecular formula is C16H20N2O5. The number of methoxy groups -OCH3 is 1. The molecule has 0 aromatic heterocycles. The second kappa shape index (κ2) is 7.13. The number of hydrogen-bond donors (Lipinski definition) is 1. The van der Waals surface area contributed by atoms with Crippen LogP contribution in [0.2, 0.25) is 0 Å². The maximum absolute atomic E-state index is 12.2. The molecule has 7 heteroatoms. The van der Waals surface area contributed by atoms with Gasteiger partial charge in [0.25, 0.3) is 0 Å². The van der Waals surface area contributed by atoms with E-state index < -0.39 is 11.9 Å². The number of rotatable bonds is 6. The quantitative estimate of drug-likeness (QED) is 0.829. The molecule has 1 unspecified atom stereocenters. The summed E-state index contributed by atoms with van der Waals surface area (Å²) in [5.74, 6) is -1.21. The number of aliphatic carboxylic acids is 1. The first-order chi connectivity index (χ1) is 10.9. The van der Waals surface area contributed by atoms with Gasteiger partial charge in [0.2, 0.25) is 11.8 Å². The highest BCUT2D eigenvalue weighted by Crippen LogP contribution is 2.22. The molecule has 124 valence electrons. The van der Waals surface area contributed by atoms with Gasteiger partial charge in [0.15, 0.2) is 0 Å². The molecule has 0 radical (unpaired) electrons. The van der Waals surface area contributed by atoms with E-state index in [2.05, 4.69) is 0 Å². The summed E-state index contributed by atoms with van der Waals surface area (Å²) in [5.41, 5.74) is 0.950. The number of amides is 2. The van der Waals surface area contributed by atoms with Crippen molar-refractivity contribution in [2.45, 2.75) is 13.0 Å². The molecular weight excluding hydrogens is 300 g/mol. The lowest BCUT2D eigenvalue weighted by Gasteiger charge is -2.20. The Kier molecular flexibility index (Phi) is 5.20. The highest BCUT2D eigenvalue weighted by atomic mass is 16.5. The van der Waals surface area contributed by atoms with Gasteiger partial charge >= 0.3 is 5.97 Å². The zero-order valence-corrected chi connectivity index (χ0v) is 13.2. The third-order valence-electron chi connectivity index (χ3n) is 3.84. The minimum absolute atomic E-state index is 0.0945. The van der Waals surface area contributed by atoms with Crippen molar-refractivity contribution >= 4 is 17.8 Å². The van der Waals surface area contributed by atoms with Crippen LogP contribution >= 0.6 is 0 Å². The van der Waals surface area contributed by atoms with Crippen LogP contribution in [-0.4, -0.2) is 59.9 Å². The Balaban J connectivity index is 1.96. The lowest BCUT2D eigenvalue weighted by atomic mass is 10.1. The molecule has 0 aliphatic carbocycles. The molecule has 23 heavy (non-hydrogen) atoms. The van der Waals surface area contributed by atoms with Crippen LogP contribution in [0.4, 0.5) is 0 Å². The van der Waals surface area contributed by atoms with Crippen LogP contribution < -0.4 is 4.74 Å². The molecule has 2 amide bonds. The predicted molar refractivity (Wildman–Crippen MR) is 81.8 cm³/mol. The molecule has 1 fully saturated rings. The van der Waals surface area contributed by atoms with E-state index >= 15 is 0 Å². The Morgan fingerprint density at radius 1 is 1.35 bits per heavy atom. The van der Waals surface area contributed by atoms with Crippen molar-refractivity contribution in [2.75, 3.05) is 27.2 Å². The van der Waals surface area contributed by atoms with Crippen LogP contribution in [0.1, 0.15) is 12.0 Å². The van der Waals surface area contributed by atoms with Gasteiger partial charge in [0, 0.05) is 26.6 Å². The largest absolute Gasteiger partial charge is 0.497 e. The summed E-state index contributed by atoms with van der Waals surface area (Å²) >= 11 is 0. The van der Waals surface area contributed by atoms with Gasteiger partial charge in [-0.1, -0.05) is 12.1 Å². The van der Waals surface area contributed by atoms with Gasteiger partial charge in [-0.05, 0) is 17.7 Å². The van der Waals surface area contributed by atoms with Crippen molar-refractivity contribution in [3.8, 4) is 5.75 Å². The Morgan fingerprint density at radius 2 is 2.00 bits per heavy atom.